The lowest BCUT2D eigenvalue weighted by atomic mass is 10.1. The highest BCUT2D eigenvalue weighted by atomic mass is 127. The van der Waals surface area contributed by atoms with Crippen LogP contribution in [0.25, 0.3) is 6.08 Å². The molecule has 3 aromatic rings. The van der Waals surface area contributed by atoms with Crippen molar-refractivity contribution in [1.82, 2.24) is 5.32 Å². The van der Waals surface area contributed by atoms with E-state index in [9.17, 15) is 19.2 Å². The van der Waals surface area contributed by atoms with Crippen LogP contribution in [0.15, 0.2) is 66.2 Å². The number of nitrogens with one attached hydrogen (secondary N) is 1. The molecule has 0 bridgehead atoms. The van der Waals surface area contributed by atoms with Crippen LogP contribution >= 0.6 is 34.2 Å². The predicted molar refractivity (Wildman–Crippen MR) is 149 cm³/mol. The summed E-state index contributed by atoms with van der Waals surface area (Å²) in [5.74, 6) is -1.98. The maximum Gasteiger partial charge on any atom is 0.335 e. The van der Waals surface area contributed by atoms with Gasteiger partial charge >= 0.3 is 12.0 Å². The molecule has 11 heteroatoms. The summed E-state index contributed by atoms with van der Waals surface area (Å²) >= 11 is 8.30. The molecule has 4 amide bonds. The van der Waals surface area contributed by atoms with E-state index in [-0.39, 0.29) is 23.4 Å². The Morgan fingerprint density at radius 2 is 1.79 bits per heavy atom. The number of hydrogen-bond donors (Lipinski definition) is 2. The average molecular weight is 647 g/mol. The standard InChI is InChI=1S/C27H20ClIN2O7/c1-2-37-22-13-15(12-21(29)23(22)38-14-17-5-3-4-6-20(17)28)11-19-24(32)30-27(36)31(25(19)33)18-9-7-16(8-10-18)26(34)35/h3-13H,2,14H2,1H3,(H,34,35)(H,30,32,36)/b19-11+. The number of amides is 4. The van der Waals surface area contributed by atoms with Crippen molar-refractivity contribution in [3.05, 3.63) is 91.5 Å². The van der Waals surface area contributed by atoms with E-state index in [0.717, 1.165) is 10.5 Å². The zero-order chi connectivity index (χ0) is 27.4. The lowest BCUT2D eigenvalue weighted by Gasteiger charge is -2.26. The Hall–Kier alpha value is -3.90. The summed E-state index contributed by atoms with van der Waals surface area (Å²) in [5.41, 5.74) is 1.08. The van der Waals surface area contributed by atoms with Gasteiger partial charge in [-0.2, -0.15) is 0 Å². The number of carbonyl (C=O) groups is 4. The molecule has 1 saturated heterocycles. The summed E-state index contributed by atoms with van der Waals surface area (Å²) in [6, 6.07) is 14.9. The summed E-state index contributed by atoms with van der Waals surface area (Å²) in [6.07, 6.45) is 1.35. The molecule has 38 heavy (non-hydrogen) atoms. The zero-order valence-corrected chi connectivity index (χ0v) is 22.8. The minimum atomic E-state index is -1.15. The Labute approximate surface area is 236 Å². The van der Waals surface area contributed by atoms with Gasteiger partial charge in [0.2, 0.25) is 0 Å². The van der Waals surface area contributed by atoms with E-state index in [1.807, 2.05) is 25.1 Å². The molecule has 0 radical (unpaired) electrons. The smallest absolute Gasteiger partial charge is 0.335 e. The van der Waals surface area contributed by atoms with Crippen molar-refractivity contribution < 1.29 is 33.8 Å². The van der Waals surface area contributed by atoms with Crippen molar-refractivity contribution in [3.8, 4) is 11.5 Å². The Morgan fingerprint density at radius 3 is 2.45 bits per heavy atom. The number of nitrogens with zero attached hydrogens (tertiary/aromatic N) is 1. The number of carboxylic acids is 1. The summed E-state index contributed by atoms with van der Waals surface area (Å²) < 4.78 is 12.4. The van der Waals surface area contributed by atoms with Crippen LogP contribution < -0.4 is 19.7 Å². The number of aromatic carboxylic acids is 1. The molecule has 194 valence electrons. The molecule has 0 saturated carbocycles. The van der Waals surface area contributed by atoms with Crippen LogP contribution in [0.3, 0.4) is 0 Å². The maximum atomic E-state index is 13.2. The minimum Gasteiger partial charge on any atom is -0.490 e. The minimum absolute atomic E-state index is 0.0136. The molecule has 3 aromatic carbocycles. The number of halogens is 2. The Morgan fingerprint density at radius 1 is 1.08 bits per heavy atom. The van der Waals surface area contributed by atoms with E-state index in [4.69, 9.17) is 26.2 Å². The monoisotopic (exact) mass is 646 g/mol. The molecule has 1 aliphatic heterocycles. The van der Waals surface area contributed by atoms with Gasteiger partial charge in [0, 0.05) is 10.6 Å². The first-order valence-electron chi connectivity index (χ1n) is 11.3. The fourth-order valence-electron chi connectivity index (χ4n) is 3.65. The van der Waals surface area contributed by atoms with Gasteiger partial charge in [-0.1, -0.05) is 29.8 Å². The van der Waals surface area contributed by atoms with Gasteiger partial charge in [0.1, 0.15) is 12.2 Å². The normalized spacial score (nSPS) is 14.4. The summed E-state index contributed by atoms with van der Waals surface area (Å²) in [4.78, 5) is 50.2. The zero-order valence-electron chi connectivity index (χ0n) is 19.9. The number of urea groups is 1. The van der Waals surface area contributed by atoms with Gasteiger partial charge in [-0.15, -0.1) is 0 Å². The largest absolute Gasteiger partial charge is 0.490 e. The number of ether oxygens (including phenoxy) is 2. The first-order chi connectivity index (χ1) is 18.2. The molecule has 0 spiro atoms. The number of barbiturate groups is 1. The molecule has 1 fully saturated rings. The van der Waals surface area contributed by atoms with E-state index < -0.39 is 23.8 Å². The van der Waals surface area contributed by atoms with Gasteiger partial charge in [-0.05, 0) is 83.6 Å². The van der Waals surface area contributed by atoms with Crippen molar-refractivity contribution in [1.29, 1.82) is 0 Å². The quantitative estimate of drug-likeness (QED) is 0.194. The first-order valence-corrected chi connectivity index (χ1v) is 12.7. The molecule has 0 atom stereocenters. The van der Waals surface area contributed by atoms with Crippen molar-refractivity contribution in [2.45, 2.75) is 13.5 Å². The van der Waals surface area contributed by atoms with Crippen molar-refractivity contribution in [3.63, 3.8) is 0 Å². The van der Waals surface area contributed by atoms with Crippen molar-refractivity contribution in [2.24, 2.45) is 0 Å². The van der Waals surface area contributed by atoms with E-state index in [1.165, 1.54) is 30.3 Å². The number of rotatable bonds is 8. The molecular weight excluding hydrogens is 627 g/mol. The van der Waals surface area contributed by atoms with Crippen LogP contribution in [0.1, 0.15) is 28.4 Å². The van der Waals surface area contributed by atoms with E-state index in [2.05, 4.69) is 27.9 Å². The van der Waals surface area contributed by atoms with E-state index >= 15 is 0 Å². The molecule has 0 aromatic heterocycles. The highest BCUT2D eigenvalue weighted by molar-refractivity contribution is 14.1. The Kier molecular flexibility index (Phi) is 8.32. The third-order valence-electron chi connectivity index (χ3n) is 5.45. The van der Waals surface area contributed by atoms with Crippen LogP contribution in [0.5, 0.6) is 11.5 Å². The molecule has 1 heterocycles. The van der Waals surface area contributed by atoms with Gasteiger partial charge in [0.05, 0.1) is 21.4 Å². The average Bonchev–Trinajstić information content (AvgIpc) is 2.87. The second kappa shape index (κ2) is 11.7. The molecule has 9 nitrogen and oxygen atoms in total. The Balaban J connectivity index is 1.66. The van der Waals surface area contributed by atoms with Crippen LogP contribution in [0.2, 0.25) is 5.02 Å². The fourth-order valence-corrected chi connectivity index (χ4v) is 4.62. The third-order valence-corrected chi connectivity index (χ3v) is 6.62. The van der Waals surface area contributed by atoms with Gasteiger partial charge in [0.25, 0.3) is 11.8 Å². The molecule has 4 rings (SSSR count). The molecule has 0 unspecified atom stereocenters. The number of anilines is 1. The SMILES string of the molecule is CCOc1cc(/C=C2\C(=O)NC(=O)N(c3ccc(C(=O)O)cc3)C2=O)cc(I)c1OCc1ccccc1Cl. The maximum absolute atomic E-state index is 13.2. The Bertz CT molecular complexity index is 1470. The number of hydrogen-bond acceptors (Lipinski definition) is 6. The van der Waals surface area contributed by atoms with Crippen LogP contribution in [0.4, 0.5) is 10.5 Å². The van der Waals surface area contributed by atoms with Gasteiger partial charge < -0.3 is 14.6 Å². The second-order valence-electron chi connectivity index (χ2n) is 7.95. The van der Waals surface area contributed by atoms with Crippen molar-refractivity contribution >= 4 is 69.8 Å². The lowest BCUT2D eigenvalue weighted by Crippen LogP contribution is -2.54. The van der Waals surface area contributed by atoms with Crippen LogP contribution in [-0.2, 0) is 16.2 Å². The van der Waals surface area contributed by atoms with Gasteiger partial charge in [-0.3, -0.25) is 14.9 Å². The highest BCUT2D eigenvalue weighted by Crippen LogP contribution is 2.36. The summed E-state index contributed by atoms with van der Waals surface area (Å²) in [5, 5.41) is 11.8. The highest BCUT2D eigenvalue weighted by Gasteiger charge is 2.37. The summed E-state index contributed by atoms with van der Waals surface area (Å²) in [6.45, 7) is 2.36. The number of carbonyl (C=O) groups excluding carboxylic acids is 3. The number of benzene rings is 3. The summed E-state index contributed by atoms with van der Waals surface area (Å²) in [7, 11) is 0. The second-order valence-corrected chi connectivity index (χ2v) is 9.52. The fraction of sp³-hybridized carbons (Fsp3) is 0.111. The molecule has 0 aliphatic carbocycles. The predicted octanol–water partition coefficient (Wildman–Crippen LogP) is 5.29. The first kappa shape index (κ1) is 27.1. The van der Waals surface area contributed by atoms with Crippen molar-refractivity contribution in [2.75, 3.05) is 11.5 Å². The number of imide groups is 2. The molecule has 1 aliphatic rings. The van der Waals surface area contributed by atoms with Crippen LogP contribution in [-0.4, -0.2) is 35.5 Å². The van der Waals surface area contributed by atoms with E-state index in [0.29, 0.717) is 32.3 Å². The molecule has 2 N–H and O–H groups in total. The van der Waals surface area contributed by atoms with Gasteiger partial charge in [-0.25, -0.2) is 14.5 Å². The van der Waals surface area contributed by atoms with E-state index in [1.54, 1.807) is 18.2 Å². The third kappa shape index (κ3) is 5.81. The number of carboxylic acid groups (broad SMARTS) is 1. The topological polar surface area (TPSA) is 122 Å². The van der Waals surface area contributed by atoms with Crippen LogP contribution in [0, 0.1) is 3.57 Å². The molecular formula is C27H20ClIN2O7. The lowest BCUT2D eigenvalue weighted by molar-refractivity contribution is -0.122. The van der Waals surface area contributed by atoms with Gasteiger partial charge in [0.15, 0.2) is 11.5 Å².